The molecular formula is C19H26ClN5O2S. The summed E-state index contributed by atoms with van der Waals surface area (Å²) in [6.07, 6.45) is 0. The Labute approximate surface area is 172 Å². The average molecular weight is 424 g/mol. The molecule has 1 saturated heterocycles. The van der Waals surface area contributed by atoms with Crippen molar-refractivity contribution in [2.45, 2.75) is 25.7 Å². The maximum absolute atomic E-state index is 12.9. The van der Waals surface area contributed by atoms with Crippen LogP contribution in [0.25, 0.3) is 0 Å². The highest BCUT2D eigenvalue weighted by molar-refractivity contribution is 7.89. The van der Waals surface area contributed by atoms with Gasteiger partial charge < -0.3 is 9.80 Å². The van der Waals surface area contributed by atoms with Crippen LogP contribution < -0.4 is 9.80 Å². The first-order valence-electron chi connectivity index (χ1n) is 9.46. The highest BCUT2D eigenvalue weighted by Crippen LogP contribution is 2.24. The van der Waals surface area contributed by atoms with E-state index in [4.69, 9.17) is 11.6 Å². The number of nitrogens with zero attached hydrogens (tertiary/aromatic N) is 5. The normalized spacial score (nSPS) is 15.6. The van der Waals surface area contributed by atoms with Crippen LogP contribution >= 0.6 is 11.6 Å². The molecule has 3 rings (SSSR count). The van der Waals surface area contributed by atoms with Crippen LogP contribution in [-0.2, 0) is 10.0 Å². The zero-order chi connectivity index (χ0) is 20.3. The van der Waals surface area contributed by atoms with E-state index in [2.05, 4.69) is 33.8 Å². The van der Waals surface area contributed by atoms with Gasteiger partial charge in [-0.25, -0.2) is 8.42 Å². The van der Waals surface area contributed by atoms with Crippen LogP contribution in [0.4, 0.5) is 11.6 Å². The predicted octanol–water partition coefficient (Wildman–Crippen LogP) is 2.80. The van der Waals surface area contributed by atoms with Gasteiger partial charge in [-0.2, -0.15) is 4.31 Å². The third-order valence-corrected chi connectivity index (χ3v) is 7.37. The maximum atomic E-state index is 12.9. The summed E-state index contributed by atoms with van der Waals surface area (Å²) in [5, 5.41) is 9.11. The Morgan fingerprint density at radius 2 is 1.71 bits per heavy atom. The number of anilines is 2. The SMILES string of the molecule is CCN(CC)c1ccc(N2CCN(S(=O)(=O)c3ccc(C)c(Cl)c3)CC2)nn1. The van der Waals surface area contributed by atoms with Crippen molar-refractivity contribution in [3.05, 3.63) is 40.9 Å². The Kier molecular flexibility index (Phi) is 6.42. The van der Waals surface area contributed by atoms with Crippen molar-refractivity contribution >= 4 is 33.3 Å². The van der Waals surface area contributed by atoms with Gasteiger partial charge in [0.15, 0.2) is 11.6 Å². The van der Waals surface area contributed by atoms with Gasteiger partial charge in [0.2, 0.25) is 10.0 Å². The Morgan fingerprint density at radius 3 is 2.25 bits per heavy atom. The lowest BCUT2D eigenvalue weighted by atomic mass is 10.2. The topological polar surface area (TPSA) is 69.6 Å². The highest BCUT2D eigenvalue weighted by atomic mass is 35.5. The van der Waals surface area contributed by atoms with E-state index < -0.39 is 10.0 Å². The molecule has 1 fully saturated rings. The van der Waals surface area contributed by atoms with Crippen LogP contribution in [0.15, 0.2) is 35.2 Å². The summed E-state index contributed by atoms with van der Waals surface area (Å²) in [4.78, 5) is 4.43. The lowest BCUT2D eigenvalue weighted by Crippen LogP contribution is -2.49. The van der Waals surface area contributed by atoms with E-state index in [0.29, 0.717) is 31.2 Å². The molecular weight excluding hydrogens is 398 g/mol. The van der Waals surface area contributed by atoms with Gasteiger partial charge in [-0.1, -0.05) is 17.7 Å². The highest BCUT2D eigenvalue weighted by Gasteiger charge is 2.29. The second-order valence-electron chi connectivity index (χ2n) is 6.72. The summed E-state index contributed by atoms with van der Waals surface area (Å²) in [5.74, 6) is 1.62. The summed E-state index contributed by atoms with van der Waals surface area (Å²) < 4.78 is 27.3. The van der Waals surface area contributed by atoms with Crippen LogP contribution in [0, 0.1) is 6.92 Å². The third-order valence-electron chi connectivity index (χ3n) is 5.07. The van der Waals surface area contributed by atoms with Crippen molar-refractivity contribution in [2.75, 3.05) is 49.1 Å². The van der Waals surface area contributed by atoms with Gasteiger partial charge in [-0.05, 0) is 50.6 Å². The van der Waals surface area contributed by atoms with E-state index in [1.165, 1.54) is 10.4 Å². The van der Waals surface area contributed by atoms with Crippen molar-refractivity contribution in [2.24, 2.45) is 0 Å². The van der Waals surface area contributed by atoms with E-state index in [1.807, 2.05) is 19.1 Å². The van der Waals surface area contributed by atoms with Gasteiger partial charge in [0.25, 0.3) is 0 Å². The fourth-order valence-corrected chi connectivity index (χ4v) is 4.94. The van der Waals surface area contributed by atoms with Gasteiger partial charge in [0.05, 0.1) is 4.90 Å². The van der Waals surface area contributed by atoms with Gasteiger partial charge >= 0.3 is 0 Å². The Hall–Kier alpha value is -1.90. The van der Waals surface area contributed by atoms with Gasteiger partial charge in [0.1, 0.15) is 0 Å². The molecule has 1 aliphatic rings. The van der Waals surface area contributed by atoms with Crippen molar-refractivity contribution in [3.8, 4) is 0 Å². The number of hydrogen-bond acceptors (Lipinski definition) is 6. The lowest BCUT2D eigenvalue weighted by molar-refractivity contribution is 0.383. The molecule has 2 heterocycles. The van der Waals surface area contributed by atoms with Gasteiger partial charge in [0, 0.05) is 44.3 Å². The van der Waals surface area contributed by atoms with Crippen LogP contribution in [0.3, 0.4) is 0 Å². The number of rotatable bonds is 6. The summed E-state index contributed by atoms with van der Waals surface area (Å²) in [5.41, 5.74) is 0.858. The van der Waals surface area contributed by atoms with E-state index in [9.17, 15) is 8.42 Å². The first-order chi connectivity index (χ1) is 13.4. The van der Waals surface area contributed by atoms with E-state index in [1.54, 1.807) is 12.1 Å². The average Bonchev–Trinajstić information content (AvgIpc) is 2.71. The van der Waals surface area contributed by atoms with E-state index in [0.717, 1.165) is 30.3 Å². The Morgan fingerprint density at radius 1 is 1.04 bits per heavy atom. The fraction of sp³-hybridized carbons (Fsp3) is 0.474. The third kappa shape index (κ3) is 4.24. The fourth-order valence-electron chi connectivity index (χ4n) is 3.24. The van der Waals surface area contributed by atoms with Crippen LogP contribution in [0.5, 0.6) is 0 Å². The minimum atomic E-state index is -3.55. The number of aromatic nitrogens is 2. The molecule has 0 unspecified atom stereocenters. The molecule has 9 heteroatoms. The smallest absolute Gasteiger partial charge is 0.243 e. The molecule has 0 N–H and O–H groups in total. The van der Waals surface area contributed by atoms with Crippen LogP contribution in [0.2, 0.25) is 5.02 Å². The summed E-state index contributed by atoms with van der Waals surface area (Å²) >= 11 is 6.11. The molecule has 2 aromatic rings. The molecule has 0 atom stereocenters. The molecule has 1 aliphatic heterocycles. The second-order valence-corrected chi connectivity index (χ2v) is 9.07. The minimum Gasteiger partial charge on any atom is -0.356 e. The molecule has 7 nitrogen and oxygen atoms in total. The largest absolute Gasteiger partial charge is 0.356 e. The standard InChI is InChI=1S/C19H26ClN5O2S/c1-4-23(5-2)18-8-9-19(22-21-18)24-10-12-25(13-11-24)28(26,27)16-7-6-15(3)17(20)14-16/h6-9,14H,4-5,10-13H2,1-3H3. The number of hydrogen-bond donors (Lipinski definition) is 0. The number of aryl methyl sites for hydroxylation is 1. The molecule has 0 bridgehead atoms. The summed E-state index contributed by atoms with van der Waals surface area (Å²) in [6.45, 7) is 9.70. The van der Waals surface area contributed by atoms with Crippen molar-refractivity contribution < 1.29 is 8.42 Å². The Bertz CT molecular complexity index is 908. The molecule has 0 saturated carbocycles. The number of benzene rings is 1. The van der Waals surface area contributed by atoms with Crippen molar-refractivity contribution in [1.29, 1.82) is 0 Å². The first-order valence-corrected chi connectivity index (χ1v) is 11.3. The first kappa shape index (κ1) is 20.8. The molecule has 0 spiro atoms. The van der Waals surface area contributed by atoms with Crippen molar-refractivity contribution in [3.63, 3.8) is 0 Å². The Balaban J connectivity index is 1.67. The van der Waals surface area contributed by atoms with E-state index >= 15 is 0 Å². The molecule has 0 radical (unpaired) electrons. The van der Waals surface area contributed by atoms with Gasteiger partial charge in [-0.3, -0.25) is 0 Å². The predicted molar refractivity (Wildman–Crippen MR) is 113 cm³/mol. The summed E-state index contributed by atoms with van der Waals surface area (Å²) in [7, 11) is -3.55. The monoisotopic (exact) mass is 423 g/mol. The molecule has 0 aliphatic carbocycles. The van der Waals surface area contributed by atoms with Crippen molar-refractivity contribution in [1.82, 2.24) is 14.5 Å². The van der Waals surface area contributed by atoms with Crippen LogP contribution in [0.1, 0.15) is 19.4 Å². The quantitative estimate of drug-likeness (QED) is 0.711. The number of piperazine rings is 1. The van der Waals surface area contributed by atoms with Gasteiger partial charge in [-0.15, -0.1) is 10.2 Å². The molecule has 0 amide bonds. The van der Waals surface area contributed by atoms with E-state index in [-0.39, 0.29) is 4.90 Å². The molecule has 1 aromatic heterocycles. The zero-order valence-electron chi connectivity index (χ0n) is 16.5. The zero-order valence-corrected chi connectivity index (χ0v) is 18.0. The molecule has 152 valence electrons. The number of halogens is 1. The van der Waals surface area contributed by atoms with Crippen LogP contribution in [-0.4, -0.2) is 62.2 Å². The molecule has 1 aromatic carbocycles. The lowest BCUT2D eigenvalue weighted by Gasteiger charge is -2.34. The second kappa shape index (κ2) is 8.63. The minimum absolute atomic E-state index is 0.236. The maximum Gasteiger partial charge on any atom is 0.243 e. The molecule has 28 heavy (non-hydrogen) atoms. The summed E-state index contributed by atoms with van der Waals surface area (Å²) in [6, 6.07) is 8.78. The number of sulfonamides is 1.